The molecular weight excluding hydrogens is 470 g/mol. The average Bonchev–Trinajstić information content (AvgIpc) is 2.90. The van der Waals surface area contributed by atoms with Crippen LogP contribution in [0.1, 0.15) is 24.8 Å². The van der Waals surface area contributed by atoms with Crippen molar-refractivity contribution in [1.82, 2.24) is 14.7 Å². The van der Waals surface area contributed by atoms with E-state index in [1.54, 1.807) is 0 Å². The van der Waals surface area contributed by atoms with Gasteiger partial charge in [0.25, 0.3) is 0 Å². The number of likely N-dealkylation sites (N-methyl/N-ethyl adjacent to an activating group) is 1. The number of rotatable bonds is 6. The molecule has 0 radical (unpaired) electrons. The van der Waals surface area contributed by atoms with Gasteiger partial charge < -0.3 is 29.1 Å². The van der Waals surface area contributed by atoms with Crippen molar-refractivity contribution in [2.24, 2.45) is 0 Å². The summed E-state index contributed by atoms with van der Waals surface area (Å²) in [6, 6.07) is 18.0. The molecule has 0 saturated carbocycles. The zero-order valence-electron chi connectivity index (χ0n) is 21.7. The molecule has 2 aromatic carbocycles. The third-order valence-electron chi connectivity index (χ3n) is 7.63. The maximum absolute atomic E-state index is 12.9. The minimum absolute atomic E-state index is 0.0855. The number of ether oxygens (including phenoxy) is 3. The number of aliphatic hydroxyl groups is 1. The van der Waals surface area contributed by atoms with Gasteiger partial charge in [0.2, 0.25) is 5.91 Å². The molecule has 0 spiro atoms. The van der Waals surface area contributed by atoms with Crippen molar-refractivity contribution in [2.75, 3.05) is 53.0 Å². The Morgan fingerprint density at radius 3 is 2.46 bits per heavy atom. The lowest BCUT2D eigenvalue weighted by atomic mass is 9.94. The second-order valence-electron chi connectivity index (χ2n) is 10.5. The Hall–Kier alpha value is -2.49. The van der Waals surface area contributed by atoms with Gasteiger partial charge in [0.15, 0.2) is 0 Å². The summed E-state index contributed by atoms with van der Waals surface area (Å²) in [7, 11) is 2.09. The summed E-state index contributed by atoms with van der Waals surface area (Å²) < 4.78 is 18.2. The Balaban J connectivity index is 1.20. The lowest BCUT2D eigenvalue weighted by Crippen LogP contribution is -2.55. The highest BCUT2D eigenvalue weighted by Gasteiger charge is 2.38. The minimum Gasteiger partial charge on any atom is -0.457 e. The van der Waals surface area contributed by atoms with Gasteiger partial charge in [0.1, 0.15) is 11.5 Å². The Kier molecular flexibility index (Phi) is 8.74. The van der Waals surface area contributed by atoms with Crippen LogP contribution in [-0.2, 0) is 20.8 Å². The van der Waals surface area contributed by atoms with Crippen LogP contribution >= 0.6 is 0 Å². The number of piperazine rings is 1. The molecule has 1 N–H and O–H groups in total. The molecule has 0 aromatic heterocycles. The van der Waals surface area contributed by atoms with Crippen LogP contribution in [0.5, 0.6) is 11.5 Å². The van der Waals surface area contributed by atoms with Crippen LogP contribution < -0.4 is 4.74 Å². The summed E-state index contributed by atoms with van der Waals surface area (Å²) >= 11 is 0. The first-order valence-corrected chi connectivity index (χ1v) is 13.5. The number of benzene rings is 2. The van der Waals surface area contributed by atoms with Crippen LogP contribution in [0.3, 0.4) is 0 Å². The molecule has 3 aliphatic rings. The Labute approximate surface area is 219 Å². The number of nitrogens with zero attached hydrogens (tertiary/aromatic N) is 3. The fourth-order valence-electron chi connectivity index (χ4n) is 5.53. The smallest absolute Gasteiger partial charge is 0.225 e. The van der Waals surface area contributed by atoms with E-state index >= 15 is 0 Å². The Bertz CT molecular complexity index is 996. The number of aliphatic hydroxyl groups excluding tert-OH is 1. The standard InChI is InChI=1S/C29H39N3O5/c1-30-13-15-31(16-14-30)29(34)17-26-11-12-27-28(37-26)21-35-20-23(33)19-32(27)18-22-7-9-25(10-8-22)36-24-5-3-2-4-6-24/h2-10,23,26-28,33H,11-21H2,1H3/t23-,26+,27+,28-/m0/s1. The number of amides is 1. The number of para-hydroxylation sites is 1. The molecule has 3 heterocycles. The molecule has 4 atom stereocenters. The van der Waals surface area contributed by atoms with Crippen molar-refractivity contribution in [3.63, 3.8) is 0 Å². The van der Waals surface area contributed by atoms with Gasteiger partial charge in [-0.1, -0.05) is 30.3 Å². The van der Waals surface area contributed by atoms with E-state index in [-0.39, 0.29) is 30.8 Å². The normalized spacial score (nSPS) is 27.7. The Morgan fingerprint density at radius 1 is 0.973 bits per heavy atom. The topological polar surface area (TPSA) is 74.7 Å². The molecule has 3 fully saturated rings. The van der Waals surface area contributed by atoms with Crippen LogP contribution in [0.2, 0.25) is 0 Å². The molecular formula is C29H39N3O5. The van der Waals surface area contributed by atoms with Gasteiger partial charge in [-0.25, -0.2) is 0 Å². The predicted octanol–water partition coefficient (Wildman–Crippen LogP) is 2.75. The van der Waals surface area contributed by atoms with Gasteiger partial charge in [-0.3, -0.25) is 9.69 Å². The van der Waals surface area contributed by atoms with Crippen molar-refractivity contribution in [1.29, 1.82) is 0 Å². The van der Waals surface area contributed by atoms with Crippen LogP contribution in [0.4, 0.5) is 0 Å². The second-order valence-corrected chi connectivity index (χ2v) is 10.5. The van der Waals surface area contributed by atoms with Crippen LogP contribution in [0.25, 0.3) is 0 Å². The number of hydrogen-bond donors (Lipinski definition) is 1. The first-order chi connectivity index (χ1) is 18.0. The molecule has 3 aliphatic heterocycles. The number of β-amino-alcohol motifs (C(OH)–C–C–N with tert-alkyl or cyclic N) is 1. The first-order valence-electron chi connectivity index (χ1n) is 13.5. The van der Waals surface area contributed by atoms with Gasteiger partial charge in [-0.2, -0.15) is 0 Å². The summed E-state index contributed by atoms with van der Waals surface area (Å²) in [5.74, 6) is 1.79. The SMILES string of the molecule is CN1CCN(C(=O)C[C@H]2CC[C@@H]3[C@H](COC[C@@H](O)CN3Cc3ccc(Oc4ccccc4)cc3)O2)CC1. The van der Waals surface area contributed by atoms with E-state index in [2.05, 4.69) is 29.0 Å². The molecule has 2 aromatic rings. The fourth-order valence-corrected chi connectivity index (χ4v) is 5.53. The molecule has 37 heavy (non-hydrogen) atoms. The maximum Gasteiger partial charge on any atom is 0.225 e. The van der Waals surface area contributed by atoms with Crippen LogP contribution in [0.15, 0.2) is 54.6 Å². The van der Waals surface area contributed by atoms with Gasteiger partial charge in [-0.05, 0) is 49.7 Å². The summed E-state index contributed by atoms with van der Waals surface area (Å²) in [4.78, 5) is 19.4. The number of fused-ring (bicyclic) bond motifs is 1. The predicted molar refractivity (Wildman–Crippen MR) is 141 cm³/mol. The van der Waals surface area contributed by atoms with E-state index in [0.29, 0.717) is 26.1 Å². The molecule has 3 saturated heterocycles. The zero-order valence-corrected chi connectivity index (χ0v) is 21.7. The zero-order chi connectivity index (χ0) is 25.6. The van der Waals surface area contributed by atoms with Crippen molar-refractivity contribution in [3.05, 3.63) is 60.2 Å². The summed E-state index contributed by atoms with van der Waals surface area (Å²) in [6.07, 6.45) is 1.43. The number of carbonyl (C=O) groups excluding carboxylic acids is 1. The van der Waals surface area contributed by atoms with E-state index in [1.807, 2.05) is 47.4 Å². The van der Waals surface area contributed by atoms with E-state index in [4.69, 9.17) is 14.2 Å². The highest BCUT2D eigenvalue weighted by Crippen LogP contribution is 2.30. The molecule has 0 unspecified atom stereocenters. The molecule has 8 heteroatoms. The summed E-state index contributed by atoms with van der Waals surface area (Å²) in [6.45, 7) is 5.38. The molecule has 0 bridgehead atoms. The summed E-state index contributed by atoms with van der Waals surface area (Å²) in [5.41, 5.74) is 1.15. The van der Waals surface area contributed by atoms with E-state index in [0.717, 1.165) is 56.1 Å². The minimum atomic E-state index is -0.543. The quantitative estimate of drug-likeness (QED) is 0.642. The lowest BCUT2D eigenvalue weighted by Gasteiger charge is -2.45. The van der Waals surface area contributed by atoms with E-state index in [9.17, 15) is 9.90 Å². The monoisotopic (exact) mass is 509 g/mol. The van der Waals surface area contributed by atoms with E-state index < -0.39 is 6.10 Å². The third-order valence-corrected chi connectivity index (χ3v) is 7.63. The second kappa shape index (κ2) is 12.4. The van der Waals surface area contributed by atoms with E-state index in [1.165, 1.54) is 0 Å². The maximum atomic E-state index is 12.9. The molecule has 8 nitrogen and oxygen atoms in total. The average molecular weight is 510 g/mol. The van der Waals surface area contributed by atoms with Crippen molar-refractivity contribution >= 4 is 5.91 Å². The molecule has 1 amide bonds. The van der Waals surface area contributed by atoms with Gasteiger partial charge in [-0.15, -0.1) is 0 Å². The molecule has 200 valence electrons. The summed E-state index contributed by atoms with van der Waals surface area (Å²) in [5, 5.41) is 10.5. The lowest BCUT2D eigenvalue weighted by molar-refractivity contribution is -0.161. The van der Waals surface area contributed by atoms with Gasteiger partial charge in [0.05, 0.1) is 37.9 Å². The van der Waals surface area contributed by atoms with Crippen molar-refractivity contribution in [3.8, 4) is 11.5 Å². The molecule has 5 rings (SSSR count). The fraction of sp³-hybridized carbons (Fsp3) is 0.552. The Morgan fingerprint density at radius 2 is 1.70 bits per heavy atom. The molecule has 0 aliphatic carbocycles. The van der Waals surface area contributed by atoms with Crippen LogP contribution in [-0.4, -0.2) is 103 Å². The first kappa shape index (κ1) is 26.1. The number of hydrogen-bond acceptors (Lipinski definition) is 7. The van der Waals surface area contributed by atoms with Gasteiger partial charge >= 0.3 is 0 Å². The van der Waals surface area contributed by atoms with Crippen LogP contribution in [0, 0.1) is 0 Å². The number of carbonyl (C=O) groups is 1. The van der Waals surface area contributed by atoms with Crippen molar-refractivity contribution in [2.45, 2.75) is 50.2 Å². The highest BCUT2D eigenvalue weighted by molar-refractivity contribution is 5.76. The third kappa shape index (κ3) is 7.09. The highest BCUT2D eigenvalue weighted by atomic mass is 16.5. The van der Waals surface area contributed by atoms with Gasteiger partial charge in [0, 0.05) is 45.3 Å². The van der Waals surface area contributed by atoms with Crippen molar-refractivity contribution < 1.29 is 24.1 Å². The largest absolute Gasteiger partial charge is 0.457 e.